The molecule has 0 amide bonds. The molecule has 2 fully saturated rings. The molecule has 1 aromatic rings. The van der Waals surface area contributed by atoms with Crippen LogP contribution in [0.4, 0.5) is 0 Å². The van der Waals surface area contributed by atoms with Crippen molar-refractivity contribution in [3.8, 4) is 0 Å². The van der Waals surface area contributed by atoms with Gasteiger partial charge >= 0.3 is 0 Å². The van der Waals surface area contributed by atoms with E-state index in [1.807, 2.05) is 6.92 Å². The van der Waals surface area contributed by atoms with Gasteiger partial charge < -0.3 is 15.3 Å². The number of nitrogens with one attached hydrogen (secondary N) is 1. The second-order valence-corrected chi connectivity index (χ2v) is 7.85. The van der Waals surface area contributed by atoms with Crippen LogP contribution in [0.25, 0.3) is 0 Å². The van der Waals surface area contributed by atoms with Gasteiger partial charge in [0.15, 0.2) is 0 Å². The Labute approximate surface area is 147 Å². The molecule has 1 saturated heterocycles. The van der Waals surface area contributed by atoms with Gasteiger partial charge in [-0.15, -0.1) is 0 Å². The molecule has 1 saturated carbocycles. The van der Waals surface area contributed by atoms with Crippen molar-refractivity contribution in [3.63, 3.8) is 0 Å². The van der Waals surface area contributed by atoms with Gasteiger partial charge in [0.05, 0.1) is 6.10 Å². The number of aliphatic hydroxyl groups is 1. The lowest BCUT2D eigenvalue weighted by molar-refractivity contribution is 0.141. The van der Waals surface area contributed by atoms with Crippen LogP contribution >= 0.6 is 0 Å². The van der Waals surface area contributed by atoms with E-state index in [1.54, 1.807) is 0 Å². The number of nitrogens with zero attached hydrogens (tertiary/aromatic N) is 1. The van der Waals surface area contributed by atoms with Crippen LogP contribution in [-0.2, 0) is 0 Å². The third-order valence-corrected chi connectivity index (χ3v) is 5.92. The predicted octanol–water partition coefficient (Wildman–Crippen LogP) is 3.54. The standard InChI is InChI=1S/C21H34N2O/c1-17(24)15-19(18-7-3-2-4-8-18)16-22-20-11-13-23(14-12-20)21-9-5-6-10-21/h2-4,7-8,17,19-22,24H,5-6,9-16H2,1H3. The van der Waals surface area contributed by atoms with E-state index in [-0.39, 0.29) is 6.10 Å². The molecular formula is C21H34N2O. The molecule has 24 heavy (non-hydrogen) atoms. The fourth-order valence-electron chi connectivity index (χ4n) is 4.52. The highest BCUT2D eigenvalue weighted by Gasteiger charge is 2.27. The third kappa shape index (κ3) is 5.05. The Morgan fingerprint density at radius 1 is 1.08 bits per heavy atom. The summed E-state index contributed by atoms with van der Waals surface area (Å²) in [5.41, 5.74) is 1.34. The zero-order valence-electron chi connectivity index (χ0n) is 15.2. The number of aliphatic hydroxyl groups excluding tert-OH is 1. The van der Waals surface area contributed by atoms with Crippen molar-refractivity contribution >= 4 is 0 Å². The maximum absolute atomic E-state index is 9.84. The van der Waals surface area contributed by atoms with Crippen LogP contribution in [0.15, 0.2) is 30.3 Å². The molecule has 2 aliphatic rings. The van der Waals surface area contributed by atoms with Crippen molar-refractivity contribution in [1.82, 2.24) is 10.2 Å². The minimum Gasteiger partial charge on any atom is -0.393 e. The molecule has 1 heterocycles. The summed E-state index contributed by atoms with van der Waals surface area (Å²) >= 11 is 0. The number of likely N-dealkylation sites (tertiary alicyclic amines) is 1. The maximum Gasteiger partial charge on any atom is 0.0518 e. The molecular weight excluding hydrogens is 296 g/mol. The first-order chi connectivity index (χ1) is 11.7. The Bertz CT molecular complexity index is 462. The fourth-order valence-corrected chi connectivity index (χ4v) is 4.52. The van der Waals surface area contributed by atoms with Gasteiger partial charge in [0.25, 0.3) is 0 Å². The fraction of sp³-hybridized carbons (Fsp3) is 0.714. The second-order valence-electron chi connectivity index (χ2n) is 7.85. The van der Waals surface area contributed by atoms with E-state index in [0.717, 1.165) is 19.0 Å². The molecule has 2 unspecified atom stereocenters. The van der Waals surface area contributed by atoms with Gasteiger partial charge in [0, 0.05) is 18.6 Å². The zero-order chi connectivity index (χ0) is 16.8. The minimum atomic E-state index is -0.249. The van der Waals surface area contributed by atoms with Crippen LogP contribution in [0.5, 0.6) is 0 Å². The van der Waals surface area contributed by atoms with Gasteiger partial charge in [0.1, 0.15) is 0 Å². The SMILES string of the molecule is CC(O)CC(CNC1CCN(C2CCCC2)CC1)c1ccccc1. The van der Waals surface area contributed by atoms with E-state index in [1.165, 1.54) is 57.2 Å². The normalized spacial score (nSPS) is 23.4. The molecule has 0 bridgehead atoms. The monoisotopic (exact) mass is 330 g/mol. The summed E-state index contributed by atoms with van der Waals surface area (Å²) < 4.78 is 0. The van der Waals surface area contributed by atoms with Gasteiger partial charge in [-0.25, -0.2) is 0 Å². The van der Waals surface area contributed by atoms with Crippen molar-refractivity contribution in [2.45, 2.75) is 76.0 Å². The first-order valence-corrected chi connectivity index (χ1v) is 9.93. The average molecular weight is 331 g/mol. The van der Waals surface area contributed by atoms with Gasteiger partial charge in [-0.05, 0) is 63.6 Å². The highest BCUT2D eigenvalue weighted by molar-refractivity contribution is 5.20. The molecule has 3 rings (SSSR count). The van der Waals surface area contributed by atoms with Crippen molar-refractivity contribution in [3.05, 3.63) is 35.9 Å². The first-order valence-electron chi connectivity index (χ1n) is 9.93. The van der Waals surface area contributed by atoms with E-state index < -0.39 is 0 Å². The second kappa shape index (κ2) is 8.98. The van der Waals surface area contributed by atoms with Crippen molar-refractivity contribution in [2.75, 3.05) is 19.6 Å². The summed E-state index contributed by atoms with van der Waals surface area (Å²) in [5.74, 6) is 0.402. The Balaban J connectivity index is 1.46. The molecule has 1 aliphatic heterocycles. The van der Waals surface area contributed by atoms with Gasteiger partial charge in [0.2, 0.25) is 0 Å². The van der Waals surface area contributed by atoms with Crippen LogP contribution in [0, 0.1) is 0 Å². The van der Waals surface area contributed by atoms with E-state index in [4.69, 9.17) is 0 Å². The number of rotatable bonds is 7. The minimum absolute atomic E-state index is 0.249. The van der Waals surface area contributed by atoms with Crippen molar-refractivity contribution < 1.29 is 5.11 Å². The smallest absolute Gasteiger partial charge is 0.0518 e. The quantitative estimate of drug-likeness (QED) is 0.803. The summed E-state index contributed by atoms with van der Waals surface area (Å²) in [7, 11) is 0. The number of benzene rings is 1. The summed E-state index contributed by atoms with van der Waals surface area (Å²) in [6, 6.07) is 12.2. The van der Waals surface area contributed by atoms with Gasteiger partial charge in [-0.2, -0.15) is 0 Å². The van der Waals surface area contributed by atoms with E-state index in [0.29, 0.717) is 12.0 Å². The molecule has 1 aromatic carbocycles. The van der Waals surface area contributed by atoms with Crippen LogP contribution in [-0.4, -0.2) is 47.8 Å². The van der Waals surface area contributed by atoms with Crippen LogP contribution in [0.1, 0.15) is 63.4 Å². The van der Waals surface area contributed by atoms with E-state index >= 15 is 0 Å². The largest absolute Gasteiger partial charge is 0.393 e. The first kappa shape index (κ1) is 17.9. The number of hydrogen-bond acceptors (Lipinski definition) is 3. The lowest BCUT2D eigenvalue weighted by atomic mass is 9.92. The lowest BCUT2D eigenvalue weighted by Crippen LogP contribution is -2.46. The van der Waals surface area contributed by atoms with Gasteiger partial charge in [-0.3, -0.25) is 0 Å². The summed E-state index contributed by atoms with van der Waals surface area (Å²) in [5, 5.41) is 13.6. The highest BCUT2D eigenvalue weighted by atomic mass is 16.3. The van der Waals surface area contributed by atoms with Gasteiger partial charge in [-0.1, -0.05) is 43.2 Å². The molecule has 1 aliphatic carbocycles. The molecule has 3 heteroatoms. The molecule has 0 radical (unpaired) electrons. The summed E-state index contributed by atoms with van der Waals surface area (Å²) in [4.78, 5) is 2.73. The van der Waals surface area contributed by atoms with Crippen LogP contribution < -0.4 is 5.32 Å². The van der Waals surface area contributed by atoms with E-state index in [2.05, 4.69) is 40.5 Å². The number of hydrogen-bond donors (Lipinski definition) is 2. The van der Waals surface area contributed by atoms with Crippen molar-refractivity contribution in [2.24, 2.45) is 0 Å². The third-order valence-electron chi connectivity index (χ3n) is 5.92. The Morgan fingerprint density at radius 2 is 1.75 bits per heavy atom. The molecule has 2 atom stereocenters. The predicted molar refractivity (Wildman–Crippen MR) is 100 cm³/mol. The lowest BCUT2D eigenvalue weighted by Gasteiger charge is -2.37. The molecule has 0 aromatic heterocycles. The van der Waals surface area contributed by atoms with Crippen molar-refractivity contribution in [1.29, 1.82) is 0 Å². The average Bonchev–Trinajstić information content (AvgIpc) is 3.14. The van der Waals surface area contributed by atoms with Crippen LogP contribution in [0.2, 0.25) is 0 Å². The Kier molecular flexibility index (Phi) is 6.70. The Hall–Kier alpha value is -0.900. The summed E-state index contributed by atoms with van der Waals surface area (Å²) in [6.45, 7) is 5.39. The topological polar surface area (TPSA) is 35.5 Å². The molecule has 3 nitrogen and oxygen atoms in total. The summed E-state index contributed by atoms with van der Waals surface area (Å²) in [6.07, 6.45) is 8.82. The zero-order valence-corrected chi connectivity index (χ0v) is 15.2. The number of piperidine rings is 1. The van der Waals surface area contributed by atoms with E-state index in [9.17, 15) is 5.11 Å². The van der Waals surface area contributed by atoms with Crippen LogP contribution in [0.3, 0.4) is 0 Å². The molecule has 0 spiro atoms. The highest BCUT2D eigenvalue weighted by Crippen LogP contribution is 2.26. The molecule has 2 N–H and O–H groups in total. The maximum atomic E-state index is 9.84. The molecule has 134 valence electrons. The Morgan fingerprint density at radius 3 is 2.38 bits per heavy atom.